The minimum Gasteiger partial charge on any atom is -0.363 e. The molecule has 0 bridgehead atoms. The van der Waals surface area contributed by atoms with E-state index in [4.69, 9.17) is 24.4 Å². The largest absolute Gasteiger partial charge is 0.363 e. The molecule has 2 saturated heterocycles. The lowest BCUT2D eigenvalue weighted by atomic mass is 10.0. The molecule has 0 radical (unpaired) electrons. The lowest BCUT2D eigenvalue weighted by molar-refractivity contribution is 0.458. The van der Waals surface area contributed by atoms with Gasteiger partial charge in [0.25, 0.3) is 0 Å². The molecule has 4 atom stereocenters. The Balaban J connectivity index is 1.47. The summed E-state index contributed by atoms with van der Waals surface area (Å²) in [5.74, 6) is 1.13. The summed E-state index contributed by atoms with van der Waals surface area (Å²) in [7, 11) is -5.41. The Morgan fingerprint density at radius 2 is 1.17 bits per heavy atom. The first-order valence-corrected chi connectivity index (χ1v) is 14.9. The van der Waals surface area contributed by atoms with Gasteiger partial charge in [-0.05, 0) is 51.1 Å². The summed E-state index contributed by atoms with van der Waals surface area (Å²) in [6.45, 7) is 5.40. The van der Waals surface area contributed by atoms with Crippen molar-refractivity contribution in [3.8, 4) is 0 Å². The smallest absolute Gasteiger partial charge is 0.216 e. The van der Waals surface area contributed by atoms with Crippen molar-refractivity contribution in [2.75, 3.05) is 36.1 Å². The van der Waals surface area contributed by atoms with Crippen LogP contribution < -0.4 is 21.3 Å². The first-order valence-electron chi connectivity index (χ1n) is 10.4. The van der Waals surface area contributed by atoms with Crippen LogP contribution in [0.15, 0.2) is 0 Å². The monoisotopic (exact) mass is 500 g/mol. The molecule has 0 aromatic carbocycles. The van der Waals surface area contributed by atoms with Crippen molar-refractivity contribution >= 4 is 55.1 Å². The average molecular weight is 501 g/mol. The summed E-state index contributed by atoms with van der Waals surface area (Å²) in [5, 5.41) is 13.8. The lowest BCUT2D eigenvalue weighted by Gasteiger charge is -2.24. The van der Waals surface area contributed by atoms with Crippen molar-refractivity contribution in [1.29, 1.82) is 0 Å². The van der Waals surface area contributed by atoms with Crippen molar-refractivity contribution in [1.82, 2.24) is 21.3 Å². The van der Waals surface area contributed by atoms with Crippen LogP contribution in [0.4, 0.5) is 0 Å². The highest BCUT2D eigenvalue weighted by Crippen LogP contribution is 2.27. The third-order valence-electron chi connectivity index (χ3n) is 5.54. The number of rotatable bonds is 9. The maximum atomic E-state index is 11.8. The topological polar surface area (TPSA) is 123 Å². The van der Waals surface area contributed by atoms with Gasteiger partial charge >= 0.3 is 0 Å². The Bertz CT molecular complexity index is 677. The first-order chi connectivity index (χ1) is 13.8. The fourth-order valence-corrected chi connectivity index (χ4v) is 8.84. The second-order valence-electron chi connectivity index (χ2n) is 9.04. The molecule has 0 saturated carbocycles. The van der Waals surface area contributed by atoms with Crippen LogP contribution >= 0.6 is 24.4 Å². The fraction of sp³-hybridized carbons (Fsp3) is 0.889. The predicted octanol–water partition coefficient (Wildman–Crippen LogP) is 1.74. The van der Waals surface area contributed by atoms with E-state index in [1.807, 2.05) is 13.8 Å². The molecule has 2 aliphatic heterocycles. The quantitative estimate of drug-likeness (QED) is 0.159. The second-order valence-corrected chi connectivity index (χ2v) is 14.3. The van der Waals surface area contributed by atoms with Crippen LogP contribution in [0.3, 0.4) is 0 Å². The molecule has 0 aromatic heterocycles. The molecule has 2 fully saturated rings. The molecule has 0 amide bonds. The van der Waals surface area contributed by atoms with Gasteiger partial charge in [-0.3, -0.25) is 0 Å². The summed E-state index contributed by atoms with van der Waals surface area (Å²) >= 11 is 10.6. The molecular weight excluding hydrogens is 464 g/mol. The predicted molar refractivity (Wildman–Crippen MR) is 133 cm³/mol. The van der Waals surface area contributed by atoms with Gasteiger partial charge in [-0.25, -0.2) is 0 Å². The molecule has 174 valence electrons. The molecule has 2 unspecified atom stereocenters. The van der Waals surface area contributed by atoms with Crippen LogP contribution in [-0.4, -0.2) is 66.5 Å². The normalized spacial score (nSPS) is 35.7. The standard InChI is InChI=1S/C18H34N4O4S4/c1-17(7-11-29(23,24)13-17)21-15(27)19-9-5-3-4-6-10-20-16(28)22-18(2)8-12-30(25,26)14-18/h3-14H2,1-2H3,(H4-2,19,20,21,22,23,24,25,26,27,28)/p+2/t17-,18+. The Morgan fingerprint density at radius 3 is 1.47 bits per heavy atom. The highest BCUT2D eigenvalue weighted by atomic mass is 32.3. The van der Waals surface area contributed by atoms with E-state index in [1.165, 1.54) is 0 Å². The molecule has 2 aliphatic rings. The Hall–Kier alpha value is -0.400. The first kappa shape index (κ1) is 25.9. The van der Waals surface area contributed by atoms with Gasteiger partial charge in [-0.1, -0.05) is 21.3 Å². The zero-order chi connectivity index (χ0) is 22.5. The van der Waals surface area contributed by atoms with E-state index in [0.717, 1.165) is 38.8 Å². The van der Waals surface area contributed by atoms with Crippen molar-refractivity contribution in [3.63, 3.8) is 0 Å². The maximum Gasteiger partial charge on any atom is 0.216 e. The second kappa shape index (κ2) is 10.5. The lowest BCUT2D eigenvalue weighted by Crippen LogP contribution is -2.51. The van der Waals surface area contributed by atoms with Gasteiger partial charge in [0.2, 0.25) is 20.4 Å². The molecule has 8 nitrogen and oxygen atoms in total. The summed E-state index contributed by atoms with van der Waals surface area (Å²) in [4.78, 5) is 0. The zero-order valence-electron chi connectivity index (χ0n) is 17.8. The Kier molecular flexibility index (Phi) is 9.03. The van der Waals surface area contributed by atoms with Gasteiger partial charge in [0.1, 0.15) is 11.5 Å². The number of hydrogen-bond donors (Lipinski definition) is 6. The number of unbranched alkanes of at least 4 members (excludes halogenated alkanes) is 3. The van der Waals surface area contributed by atoms with E-state index in [9.17, 15) is 17.5 Å². The number of nitrogens with one attached hydrogen (secondary N) is 4. The molecule has 6 N–H and O–H groups in total. The summed E-state index contributed by atoms with van der Waals surface area (Å²) in [5.41, 5.74) is -0.811. The van der Waals surface area contributed by atoms with Crippen molar-refractivity contribution in [3.05, 3.63) is 0 Å². The highest BCUT2D eigenvalue weighted by Gasteiger charge is 2.48. The van der Waals surface area contributed by atoms with E-state index >= 15 is 0 Å². The van der Waals surface area contributed by atoms with Crippen molar-refractivity contribution < 1.29 is 17.5 Å². The van der Waals surface area contributed by atoms with E-state index in [2.05, 4.69) is 21.3 Å². The molecule has 30 heavy (non-hydrogen) atoms. The van der Waals surface area contributed by atoms with Crippen LogP contribution in [0.1, 0.15) is 52.4 Å². The van der Waals surface area contributed by atoms with Gasteiger partial charge in [0.15, 0.2) is 21.7 Å². The third-order valence-corrected chi connectivity index (χ3v) is 9.89. The molecule has 2 heterocycles. The molecule has 0 aromatic rings. The van der Waals surface area contributed by atoms with Crippen molar-refractivity contribution in [2.24, 2.45) is 0 Å². The van der Waals surface area contributed by atoms with E-state index in [1.54, 1.807) is 0 Å². The molecule has 12 heteroatoms. The molecule has 0 spiro atoms. The molecule has 2 rings (SSSR count). The minimum atomic E-state index is -2.70. The minimum absolute atomic E-state index is 0.240. The van der Waals surface area contributed by atoms with Gasteiger partial charge in [0.05, 0.1) is 11.1 Å². The summed E-state index contributed by atoms with van der Waals surface area (Å²) in [6, 6.07) is 0. The summed E-state index contributed by atoms with van der Waals surface area (Å²) in [6.07, 6.45) is 5.38. The average Bonchev–Trinajstić information content (AvgIpc) is 3.03. The Morgan fingerprint density at radius 1 is 0.800 bits per heavy atom. The van der Waals surface area contributed by atoms with Gasteiger partial charge in [-0.2, -0.15) is 9.11 Å². The SMILES string of the molecule is C[C@]1(NC(=S)NCCCCCCNC(=S)N[C@]2(C)CC[S+](=O)(O)C2)CC[S+](=O)(O)C1. The fourth-order valence-electron chi connectivity index (χ4n) is 3.89. The molecule has 0 aliphatic carbocycles. The van der Waals surface area contributed by atoms with Crippen LogP contribution in [0.2, 0.25) is 0 Å². The van der Waals surface area contributed by atoms with Gasteiger partial charge < -0.3 is 21.3 Å². The van der Waals surface area contributed by atoms with Crippen molar-refractivity contribution in [2.45, 2.75) is 63.5 Å². The molecular formula is C18H36N4O4S4+2. The van der Waals surface area contributed by atoms with E-state index in [-0.39, 0.29) is 11.5 Å². The summed E-state index contributed by atoms with van der Waals surface area (Å²) < 4.78 is 42.9. The Labute approximate surface area is 193 Å². The maximum absolute atomic E-state index is 11.8. The van der Waals surface area contributed by atoms with Crippen LogP contribution in [0, 0.1) is 0 Å². The van der Waals surface area contributed by atoms with E-state index < -0.39 is 31.5 Å². The third kappa shape index (κ3) is 8.99. The van der Waals surface area contributed by atoms with E-state index in [0.29, 0.717) is 34.6 Å². The van der Waals surface area contributed by atoms with Gasteiger partial charge in [0, 0.05) is 25.9 Å². The number of thiocarbonyl (C=S) groups is 2. The van der Waals surface area contributed by atoms with Crippen LogP contribution in [0.25, 0.3) is 0 Å². The highest BCUT2D eigenvalue weighted by molar-refractivity contribution is 7.98. The van der Waals surface area contributed by atoms with Crippen LogP contribution in [-0.2, 0) is 28.8 Å². The zero-order valence-corrected chi connectivity index (χ0v) is 21.1. The number of hydrogen-bond acceptors (Lipinski definition) is 4. The van der Waals surface area contributed by atoms with Gasteiger partial charge in [-0.15, -0.1) is 0 Å². The van der Waals surface area contributed by atoms with Crippen LogP contribution in [0.5, 0.6) is 0 Å².